The molecule has 0 fully saturated rings. The van der Waals surface area contributed by atoms with E-state index in [4.69, 9.17) is 32.4 Å². The quantitative estimate of drug-likeness (QED) is 0.444. The maximum Gasteiger partial charge on any atom is 0.330 e. The Balaban J connectivity index is 1.93. The molecule has 1 N–H and O–H groups in total. The van der Waals surface area contributed by atoms with Gasteiger partial charge in [-0.2, -0.15) is 0 Å². The predicted molar refractivity (Wildman–Crippen MR) is 120 cm³/mol. The molecule has 0 saturated carbocycles. The van der Waals surface area contributed by atoms with E-state index in [9.17, 15) is 9.59 Å². The van der Waals surface area contributed by atoms with Crippen LogP contribution in [0.2, 0.25) is 10.0 Å². The molecular weight excluding hydrogens is 443 g/mol. The number of hydrogen-bond donors (Lipinski definition) is 1. The number of aromatic nitrogens is 4. The van der Waals surface area contributed by atoms with E-state index in [0.717, 1.165) is 0 Å². The maximum absolute atomic E-state index is 12.7. The van der Waals surface area contributed by atoms with E-state index in [2.05, 4.69) is 9.97 Å². The monoisotopic (exact) mass is 462 g/mol. The van der Waals surface area contributed by atoms with Crippen LogP contribution in [0.5, 0.6) is 0 Å². The minimum absolute atomic E-state index is 0.291. The van der Waals surface area contributed by atoms with Crippen LogP contribution in [0, 0.1) is 0 Å². The van der Waals surface area contributed by atoms with Crippen molar-refractivity contribution >= 4 is 34.4 Å². The molecule has 0 aliphatic rings. The second-order valence-electron chi connectivity index (χ2n) is 6.93. The zero-order valence-corrected chi connectivity index (χ0v) is 18.5. The highest BCUT2D eigenvalue weighted by Crippen LogP contribution is 2.36. The SMILES string of the molecule is CCCn1c(=O)[nH]c(=O)c2c1nc(-c1ccc(-c3cccc(Cl)c3Cl)o1)n2CCOC. The van der Waals surface area contributed by atoms with Crippen LogP contribution >= 0.6 is 23.2 Å². The van der Waals surface area contributed by atoms with Crippen LogP contribution in [0.15, 0.2) is 44.3 Å². The zero-order chi connectivity index (χ0) is 22.1. The van der Waals surface area contributed by atoms with Gasteiger partial charge in [-0.3, -0.25) is 14.3 Å². The topological polar surface area (TPSA) is 95.0 Å². The Morgan fingerprint density at radius 1 is 1.10 bits per heavy atom. The molecule has 10 heteroatoms. The molecule has 3 aromatic heterocycles. The van der Waals surface area contributed by atoms with Gasteiger partial charge < -0.3 is 13.7 Å². The first kappa shape index (κ1) is 21.4. The molecule has 1 aromatic carbocycles. The Morgan fingerprint density at radius 3 is 2.61 bits per heavy atom. The van der Waals surface area contributed by atoms with Gasteiger partial charge in [-0.1, -0.05) is 36.2 Å². The summed E-state index contributed by atoms with van der Waals surface area (Å²) in [5.41, 5.74) is 0.236. The molecule has 0 spiro atoms. The molecule has 3 heterocycles. The van der Waals surface area contributed by atoms with E-state index in [-0.39, 0.29) is 0 Å². The van der Waals surface area contributed by atoms with E-state index in [0.29, 0.717) is 70.2 Å². The number of hydrogen-bond acceptors (Lipinski definition) is 5. The number of rotatable bonds is 7. The van der Waals surface area contributed by atoms with Crippen molar-refractivity contribution in [3.8, 4) is 22.9 Å². The molecular formula is C21H20Cl2N4O4. The second-order valence-corrected chi connectivity index (χ2v) is 7.71. The molecule has 8 nitrogen and oxygen atoms in total. The predicted octanol–water partition coefficient (Wildman–Crippen LogP) is 4.18. The number of nitrogens with zero attached hydrogens (tertiary/aromatic N) is 3. The van der Waals surface area contributed by atoms with Crippen LogP contribution in [0.4, 0.5) is 0 Å². The molecule has 0 radical (unpaired) electrons. The Hall–Kier alpha value is -2.81. The number of aromatic amines is 1. The van der Waals surface area contributed by atoms with Gasteiger partial charge >= 0.3 is 5.69 Å². The lowest BCUT2D eigenvalue weighted by Gasteiger charge is -2.07. The molecule has 0 amide bonds. The number of halogens is 2. The van der Waals surface area contributed by atoms with Crippen LogP contribution in [-0.4, -0.2) is 32.8 Å². The number of H-pyrrole nitrogens is 1. The van der Waals surface area contributed by atoms with Crippen molar-refractivity contribution in [3.63, 3.8) is 0 Å². The van der Waals surface area contributed by atoms with Gasteiger partial charge in [-0.05, 0) is 30.7 Å². The highest BCUT2D eigenvalue weighted by Gasteiger charge is 2.22. The number of imidazole rings is 1. The van der Waals surface area contributed by atoms with Crippen molar-refractivity contribution in [3.05, 3.63) is 61.2 Å². The zero-order valence-electron chi connectivity index (χ0n) is 16.9. The van der Waals surface area contributed by atoms with E-state index in [1.54, 1.807) is 42.0 Å². The standard InChI is InChI=1S/C21H20Cl2N4O4/c1-3-9-27-19-17(20(28)25-21(27)29)26(10-11-30-2)18(24-19)15-8-7-14(31-15)12-5-4-6-13(22)16(12)23/h4-8H,3,9-11H2,1-2H3,(H,25,28,29). The Labute approximate surface area is 187 Å². The molecule has 0 saturated heterocycles. The van der Waals surface area contributed by atoms with Crippen LogP contribution in [0.3, 0.4) is 0 Å². The average molecular weight is 463 g/mol. The molecule has 0 bridgehead atoms. The van der Waals surface area contributed by atoms with Crippen LogP contribution in [-0.2, 0) is 17.8 Å². The summed E-state index contributed by atoms with van der Waals surface area (Å²) in [6.07, 6.45) is 0.708. The van der Waals surface area contributed by atoms with Crippen molar-refractivity contribution in [1.29, 1.82) is 0 Å². The van der Waals surface area contributed by atoms with Crippen molar-refractivity contribution in [2.75, 3.05) is 13.7 Å². The largest absolute Gasteiger partial charge is 0.453 e. The number of benzene rings is 1. The Bertz CT molecular complexity index is 1370. The lowest BCUT2D eigenvalue weighted by Crippen LogP contribution is -2.31. The van der Waals surface area contributed by atoms with E-state index < -0.39 is 11.2 Å². The van der Waals surface area contributed by atoms with Gasteiger partial charge in [0.1, 0.15) is 5.76 Å². The summed E-state index contributed by atoms with van der Waals surface area (Å²) in [6.45, 7) is 3.07. The Morgan fingerprint density at radius 2 is 1.87 bits per heavy atom. The first-order valence-electron chi connectivity index (χ1n) is 9.73. The van der Waals surface area contributed by atoms with Gasteiger partial charge in [0.25, 0.3) is 5.56 Å². The lowest BCUT2D eigenvalue weighted by molar-refractivity contribution is 0.188. The molecule has 162 valence electrons. The van der Waals surface area contributed by atoms with Gasteiger partial charge in [-0.25, -0.2) is 9.78 Å². The average Bonchev–Trinajstić information content (AvgIpc) is 3.36. The van der Waals surface area contributed by atoms with Crippen LogP contribution in [0.1, 0.15) is 13.3 Å². The number of furan rings is 1. The summed E-state index contributed by atoms with van der Waals surface area (Å²) in [5.74, 6) is 1.35. The second kappa shape index (κ2) is 8.74. The summed E-state index contributed by atoms with van der Waals surface area (Å²) in [6, 6.07) is 8.78. The van der Waals surface area contributed by atoms with Crippen LogP contribution in [0.25, 0.3) is 34.1 Å². The first-order valence-corrected chi connectivity index (χ1v) is 10.5. The fraction of sp³-hybridized carbons (Fsp3) is 0.286. The fourth-order valence-corrected chi connectivity index (χ4v) is 3.88. The smallest absolute Gasteiger partial charge is 0.330 e. The normalized spacial score (nSPS) is 11.5. The summed E-state index contributed by atoms with van der Waals surface area (Å²) in [5, 5.41) is 0.797. The van der Waals surface area contributed by atoms with Gasteiger partial charge in [0.2, 0.25) is 0 Å². The van der Waals surface area contributed by atoms with Crippen LogP contribution < -0.4 is 11.2 Å². The third-order valence-corrected chi connectivity index (χ3v) is 5.71. The van der Waals surface area contributed by atoms with E-state index in [1.165, 1.54) is 4.57 Å². The molecule has 0 unspecified atom stereocenters. The van der Waals surface area contributed by atoms with Crippen molar-refractivity contribution < 1.29 is 9.15 Å². The fourth-order valence-electron chi connectivity index (χ4n) is 3.49. The molecule has 31 heavy (non-hydrogen) atoms. The number of nitrogens with one attached hydrogen (secondary N) is 1. The minimum Gasteiger partial charge on any atom is -0.453 e. The number of methoxy groups -OCH3 is 1. The maximum atomic E-state index is 12.7. The third kappa shape index (κ3) is 3.82. The van der Waals surface area contributed by atoms with Crippen molar-refractivity contribution in [2.45, 2.75) is 26.4 Å². The molecule has 4 aromatic rings. The summed E-state index contributed by atoms with van der Waals surface area (Å²) in [7, 11) is 1.57. The van der Waals surface area contributed by atoms with Gasteiger partial charge in [0.15, 0.2) is 22.7 Å². The summed E-state index contributed by atoms with van der Waals surface area (Å²) >= 11 is 12.5. The molecule has 4 rings (SSSR count). The van der Waals surface area contributed by atoms with E-state index in [1.807, 2.05) is 6.92 Å². The number of ether oxygens (including phenoxy) is 1. The number of fused-ring (bicyclic) bond motifs is 1. The molecule has 0 aliphatic carbocycles. The van der Waals surface area contributed by atoms with Gasteiger partial charge in [0.05, 0.1) is 16.7 Å². The van der Waals surface area contributed by atoms with Crippen molar-refractivity contribution in [1.82, 2.24) is 19.1 Å². The van der Waals surface area contributed by atoms with E-state index >= 15 is 0 Å². The lowest BCUT2D eigenvalue weighted by atomic mass is 10.2. The van der Waals surface area contributed by atoms with Crippen molar-refractivity contribution in [2.24, 2.45) is 0 Å². The van der Waals surface area contributed by atoms with Gasteiger partial charge in [0, 0.05) is 25.8 Å². The summed E-state index contributed by atoms with van der Waals surface area (Å²) < 4.78 is 14.4. The highest BCUT2D eigenvalue weighted by molar-refractivity contribution is 6.43. The highest BCUT2D eigenvalue weighted by atomic mass is 35.5. The molecule has 0 atom stereocenters. The minimum atomic E-state index is -0.508. The third-order valence-electron chi connectivity index (χ3n) is 4.90. The summed E-state index contributed by atoms with van der Waals surface area (Å²) in [4.78, 5) is 32.0. The molecule has 0 aliphatic heterocycles. The Kier molecular flexibility index (Phi) is 6.04. The number of aryl methyl sites for hydroxylation is 1. The first-order chi connectivity index (χ1) is 15.0. The van der Waals surface area contributed by atoms with Gasteiger partial charge in [-0.15, -0.1) is 0 Å².